The van der Waals surface area contributed by atoms with Crippen molar-refractivity contribution in [2.75, 3.05) is 53.5 Å². The second-order valence-corrected chi connectivity index (χ2v) is 4.02. The zero-order valence-electron chi connectivity index (χ0n) is 9.52. The second kappa shape index (κ2) is 6.76. The standard InChI is InChI=1S/C10H20N2O3/c1-11(2)7-10-8-12(4-6-15-10)3-5-14-9-13/h9-10H,3-8H2,1-2H3. The summed E-state index contributed by atoms with van der Waals surface area (Å²) in [4.78, 5) is 14.4. The molecule has 0 spiro atoms. The normalized spacial score (nSPS) is 23.0. The van der Waals surface area contributed by atoms with Crippen molar-refractivity contribution < 1.29 is 14.3 Å². The summed E-state index contributed by atoms with van der Waals surface area (Å²) in [5, 5.41) is 0. The molecule has 1 unspecified atom stereocenters. The molecule has 1 saturated heterocycles. The molecule has 1 aliphatic rings. The molecule has 0 radical (unpaired) electrons. The van der Waals surface area contributed by atoms with Gasteiger partial charge in [-0.1, -0.05) is 0 Å². The van der Waals surface area contributed by atoms with Gasteiger partial charge in [0.15, 0.2) is 0 Å². The van der Waals surface area contributed by atoms with Crippen molar-refractivity contribution in [1.29, 1.82) is 0 Å². The number of likely N-dealkylation sites (N-methyl/N-ethyl adjacent to an activating group) is 1. The van der Waals surface area contributed by atoms with Crippen molar-refractivity contribution in [3.05, 3.63) is 0 Å². The van der Waals surface area contributed by atoms with Gasteiger partial charge < -0.3 is 14.4 Å². The van der Waals surface area contributed by atoms with Crippen molar-refractivity contribution in [2.24, 2.45) is 0 Å². The highest BCUT2D eigenvalue weighted by molar-refractivity contribution is 5.36. The number of hydrogen-bond acceptors (Lipinski definition) is 5. The first-order valence-corrected chi connectivity index (χ1v) is 5.26. The summed E-state index contributed by atoms with van der Waals surface area (Å²) in [6.07, 6.45) is 0.269. The minimum Gasteiger partial charge on any atom is -0.467 e. The van der Waals surface area contributed by atoms with Gasteiger partial charge >= 0.3 is 0 Å². The van der Waals surface area contributed by atoms with Gasteiger partial charge in [0.05, 0.1) is 12.7 Å². The van der Waals surface area contributed by atoms with Crippen LogP contribution < -0.4 is 0 Å². The van der Waals surface area contributed by atoms with Crippen LogP contribution in [-0.4, -0.2) is 75.9 Å². The Balaban J connectivity index is 2.19. The first-order chi connectivity index (χ1) is 7.22. The van der Waals surface area contributed by atoms with Gasteiger partial charge in [0.25, 0.3) is 6.47 Å². The van der Waals surface area contributed by atoms with Crippen molar-refractivity contribution in [3.8, 4) is 0 Å². The summed E-state index contributed by atoms with van der Waals surface area (Å²) in [5.74, 6) is 0. The molecule has 1 aliphatic heterocycles. The highest BCUT2D eigenvalue weighted by Gasteiger charge is 2.20. The van der Waals surface area contributed by atoms with Crippen LogP contribution in [0.25, 0.3) is 0 Å². The minimum atomic E-state index is 0.269. The fourth-order valence-corrected chi connectivity index (χ4v) is 1.73. The lowest BCUT2D eigenvalue weighted by molar-refractivity contribution is -0.129. The van der Waals surface area contributed by atoms with E-state index in [0.29, 0.717) is 13.1 Å². The van der Waals surface area contributed by atoms with E-state index in [1.807, 2.05) is 14.1 Å². The summed E-state index contributed by atoms with van der Waals surface area (Å²) >= 11 is 0. The Morgan fingerprint density at radius 2 is 2.40 bits per heavy atom. The van der Waals surface area contributed by atoms with Gasteiger partial charge in [-0.2, -0.15) is 0 Å². The lowest BCUT2D eigenvalue weighted by Gasteiger charge is -2.33. The largest absolute Gasteiger partial charge is 0.467 e. The van der Waals surface area contributed by atoms with Crippen LogP contribution in [0.4, 0.5) is 0 Å². The molecular weight excluding hydrogens is 196 g/mol. The Kier molecular flexibility index (Phi) is 5.60. The first-order valence-electron chi connectivity index (χ1n) is 5.26. The molecule has 1 fully saturated rings. The Hall–Kier alpha value is -0.650. The Bertz CT molecular complexity index is 188. The molecule has 0 aromatic heterocycles. The van der Waals surface area contributed by atoms with Crippen molar-refractivity contribution in [3.63, 3.8) is 0 Å². The molecule has 1 heterocycles. The van der Waals surface area contributed by atoms with Gasteiger partial charge in [0.1, 0.15) is 6.61 Å². The van der Waals surface area contributed by atoms with E-state index in [0.717, 1.165) is 32.8 Å². The van der Waals surface area contributed by atoms with Crippen LogP contribution in [0.1, 0.15) is 0 Å². The van der Waals surface area contributed by atoms with E-state index in [2.05, 4.69) is 14.5 Å². The third kappa shape index (κ3) is 5.11. The average Bonchev–Trinajstić information content (AvgIpc) is 2.18. The van der Waals surface area contributed by atoms with E-state index in [4.69, 9.17) is 4.74 Å². The fourth-order valence-electron chi connectivity index (χ4n) is 1.73. The molecule has 1 atom stereocenters. The van der Waals surface area contributed by atoms with Gasteiger partial charge in [0.2, 0.25) is 0 Å². The van der Waals surface area contributed by atoms with Gasteiger partial charge in [-0.15, -0.1) is 0 Å². The van der Waals surface area contributed by atoms with Crippen molar-refractivity contribution in [2.45, 2.75) is 6.10 Å². The summed E-state index contributed by atoms with van der Waals surface area (Å²) < 4.78 is 10.3. The molecule has 0 bridgehead atoms. The highest BCUT2D eigenvalue weighted by atomic mass is 16.5. The Labute approximate surface area is 90.9 Å². The number of rotatable bonds is 6. The van der Waals surface area contributed by atoms with Crippen LogP contribution in [0.2, 0.25) is 0 Å². The minimum absolute atomic E-state index is 0.269. The van der Waals surface area contributed by atoms with Crippen LogP contribution in [0.5, 0.6) is 0 Å². The molecule has 88 valence electrons. The average molecular weight is 216 g/mol. The van der Waals surface area contributed by atoms with Crippen LogP contribution >= 0.6 is 0 Å². The van der Waals surface area contributed by atoms with E-state index < -0.39 is 0 Å². The maximum absolute atomic E-state index is 9.98. The highest BCUT2D eigenvalue weighted by Crippen LogP contribution is 2.05. The lowest BCUT2D eigenvalue weighted by Crippen LogP contribution is -2.47. The molecule has 15 heavy (non-hydrogen) atoms. The lowest BCUT2D eigenvalue weighted by atomic mass is 10.2. The summed E-state index contributed by atoms with van der Waals surface area (Å²) in [5.41, 5.74) is 0. The molecule has 0 N–H and O–H groups in total. The molecule has 1 rings (SSSR count). The molecule has 5 heteroatoms. The summed E-state index contributed by atoms with van der Waals surface area (Å²) in [6.45, 7) is 5.30. The molecule has 0 amide bonds. The van der Waals surface area contributed by atoms with Gasteiger partial charge in [-0.3, -0.25) is 9.69 Å². The van der Waals surface area contributed by atoms with Crippen LogP contribution in [-0.2, 0) is 14.3 Å². The first kappa shape index (κ1) is 12.4. The molecule has 0 aromatic carbocycles. The number of nitrogens with zero attached hydrogens (tertiary/aromatic N) is 2. The molecule has 0 saturated carbocycles. The Morgan fingerprint density at radius 1 is 1.60 bits per heavy atom. The smallest absolute Gasteiger partial charge is 0.293 e. The van der Waals surface area contributed by atoms with E-state index in [9.17, 15) is 4.79 Å². The van der Waals surface area contributed by atoms with Crippen molar-refractivity contribution >= 4 is 6.47 Å². The number of carbonyl (C=O) groups is 1. The van der Waals surface area contributed by atoms with Gasteiger partial charge in [-0.25, -0.2) is 0 Å². The number of ether oxygens (including phenoxy) is 2. The van der Waals surface area contributed by atoms with Gasteiger partial charge in [-0.05, 0) is 14.1 Å². The fraction of sp³-hybridized carbons (Fsp3) is 0.900. The number of morpholine rings is 1. The molecule has 0 aliphatic carbocycles. The predicted octanol–water partition coefficient (Wildman–Crippen LogP) is -0.578. The SMILES string of the molecule is CN(C)CC1CN(CCOC=O)CCO1. The third-order valence-electron chi connectivity index (χ3n) is 2.39. The maximum atomic E-state index is 9.98. The summed E-state index contributed by atoms with van der Waals surface area (Å²) in [7, 11) is 4.08. The van der Waals surface area contributed by atoms with Gasteiger partial charge in [0, 0.05) is 26.2 Å². The number of carbonyl (C=O) groups excluding carboxylic acids is 1. The molecular formula is C10H20N2O3. The zero-order valence-corrected chi connectivity index (χ0v) is 9.52. The summed E-state index contributed by atoms with van der Waals surface area (Å²) in [6, 6.07) is 0. The maximum Gasteiger partial charge on any atom is 0.293 e. The Morgan fingerprint density at radius 3 is 3.07 bits per heavy atom. The van der Waals surface area contributed by atoms with E-state index in [1.165, 1.54) is 0 Å². The van der Waals surface area contributed by atoms with E-state index >= 15 is 0 Å². The van der Waals surface area contributed by atoms with E-state index in [1.54, 1.807) is 0 Å². The third-order valence-corrected chi connectivity index (χ3v) is 2.39. The quantitative estimate of drug-likeness (QED) is 0.439. The zero-order chi connectivity index (χ0) is 11.1. The molecule has 0 aromatic rings. The van der Waals surface area contributed by atoms with Crippen LogP contribution in [0, 0.1) is 0 Å². The predicted molar refractivity (Wildman–Crippen MR) is 56.8 cm³/mol. The van der Waals surface area contributed by atoms with E-state index in [-0.39, 0.29) is 6.10 Å². The monoisotopic (exact) mass is 216 g/mol. The topological polar surface area (TPSA) is 42.0 Å². The van der Waals surface area contributed by atoms with Crippen molar-refractivity contribution in [1.82, 2.24) is 9.80 Å². The number of hydrogen-bond donors (Lipinski definition) is 0. The molecule has 5 nitrogen and oxygen atoms in total. The van der Waals surface area contributed by atoms with Crippen LogP contribution in [0.15, 0.2) is 0 Å². The second-order valence-electron chi connectivity index (χ2n) is 4.02. The van der Waals surface area contributed by atoms with Crippen LogP contribution in [0.3, 0.4) is 0 Å².